The average molecular weight is 230 g/mol. The molecule has 0 fully saturated rings. The third-order valence-corrected chi connectivity index (χ3v) is 3.52. The number of aliphatic hydroxyl groups is 2. The second-order valence-electron chi connectivity index (χ2n) is 5.92. The molecule has 0 aromatic heterocycles. The highest BCUT2D eigenvalue weighted by Gasteiger charge is 2.16. The lowest BCUT2D eigenvalue weighted by molar-refractivity contribution is 0.116. The molecule has 0 aliphatic heterocycles. The zero-order valence-corrected chi connectivity index (χ0v) is 11.6. The van der Waals surface area contributed by atoms with E-state index in [1.54, 1.807) is 0 Å². The first-order valence-electron chi connectivity index (χ1n) is 6.65. The van der Waals surface area contributed by atoms with Crippen LogP contribution < -0.4 is 0 Å². The lowest BCUT2D eigenvalue weighted by atomic mass is 9.84. The lowest BCUT2D eigenvalue weighted by Gasteiger charge is -2.23. The Morgan fingerprint density at radius 3 is 1.62 bits per heavy atom. The molecule has 2 nitrogen and oxygen atoms in total. The summed E-state index contributed by atoms with van der Waals surface area (Å²) in [4.78, 5) is 0. The maximum atomic E-state index is 9.45. The predicted octanol–water partition coefficient (Wildman–Crippen LogP) is 3.07. The summed E-state index contributed by atoms with van der Waals surface area (Å²) in [5.41, 5.74) is 0. The Kier molecular flexibility index (Phi) is 8.04. The molecule has 98 valence electrons. The van der Waals surface area contributed by atoms with Gasteiger partial charge in [-0.15, -0.1) is 0 Å². The molecule has 0 bridgehead atoms. The second kappa shape index (κ2) is 8.08. The van der Waals surface area contributed by atoms with E-state index in [9.17, 15) is 5.11 Å². The minimum Gasteiger partial charge on any atom is -0.396 e. The predicted molar refractivity (Wildman–Crippen MR) is 69.3 cm³/mol. The van der Waals surface area contributed by atoms with E-state index in [1.165, 1.54) is 6.42 Å². The van der Waals surface area contributed by atoms with E-state index in [-0.39, 0.29) is 6.10 Å². The lowest BCUT2D eigenvalue weighted by Crippen LogP contribution is -2.18. The van der Waals surface area contributed by atoms with Gasteiger partial charge in [0.15, 0.2) is 0 Å². The van der Waals surface area contributed by atoms with Gasteiger partial charge in [0.1, 0.15) is 0 Å². The van der Waals surface area contributed by atoms with E-state index in [1.807, 2.05) is 6.92 Å². The van der Waals surface area contributed by atoms with Gasteiger partial charge in [-0.2, -0.15) is 0 Å². The van der Waals surface area contributed by atoms with E-state index in [0.29, 0.717) is 30.3 Å². The maximum absolute atomic E-state index is 9.45. The Labute approximate surface area is 101 Å². The van der Waals surface area contributed by atoms with Crippen LogP contribution in [0.25, 0.3) is 0 Å². The Bertz CT molecular complexity index is 168. The van der Waals surface area contributed by atoms with Gasteiger partial charge in [0.05, 0.1) is 6.10 Å². The van der Waals surface area contributed by atoms with E-state index in [0.717, 1.165) is 12.8 Å². The quantitative estimate of drug-likeness (QED) is 0.673. The van der Waals surface area contributed by atoms with Crippen molar-refractivity contribution in [2.45, 2.75) is 60.0 Å². The minimum absolute atomic E-state index is 0.200. The molecule has 1 unspecified atom stereocenters. The largest absolute Gasteiger partial charge is 0.396 e. The van der Waals surface area contributed by atoms with Crippen molar-refractivity contribution in [2.75, 3.05) is 6.61 Å². The highest BCUT2D eigenvalue weighted by Crippen LogP contribution is 2.25. The standard InChI is InChI=1S/C14H30O2/c1-10(7-12(3)9-15)6-11(2)8-13(4)14(5)16/h10-16H,6-9H2,1-5H3/t10-,11-,12-,13-,14?/m1/s1. The Balaban J connectivity index is 3.81. The van der Waals surface area contributed by atoms with Crippen molar-refractivity contribution in [3.63, 3.8) is 0 Å². The van der Waals surface area contributed by atoms with Gasteiger partial charge >= 0.3 is 0 Å². The van der Waals surface area contributed by atoms with E-state index >= 15 is 0 Å². The van der Waals surface area contributed by atoms with E-state index in [4.69, 9.17) is 5.11 Å². The summed E-state index contributed by atoms with van der Waals surface area (Å²) in [6.07, 6.45) is 3.19. The molecule has 0 aromatic carbocycles. The van der Waals surface area contributed by atoms with Crippen LogP contribution in [0.1, 0.15) is 53.9 Å². The third kappa shape index (κ3) is 7.24. The molecule has 5 atom stereocenters. The van der Waals surface area contributed by atoms with Gasteiger partial charge in [-0.1, -0.05) is 27.7 Å². The van der Waals surface area contributed by atoms with Crippen molar-refractivity contribution in [2.24, 2.45) is 23.7 Å². The summed E-state index contributed by atoms with van der Waals surface area (Å²) < 4.78 is 0. The first-order valence-corrected chi connectivity index (χ1v) is 6.65. The molecule has 0 radical (unpaired) electrons. The average Bonchev–Trinajstić information content (AvgIpc) is 2.16. The molecule has 0 rings (SSSR count). The fourth-order valence-electron chi connectivity index (χ4n) is 2.47. The molecule has 0 amide bonds. The van der Waals surface area contributed by atoms with Crippen molar-refractivity contribution in [1.82, 2.24) is 0 Å². The van der Waals surface area contributed by atoms with Crippen molar-refractivity contribution < 1.29 is 10.2 Å². The van der Waals surface area contributed by atoms with Crippen molar-refractivity contribution in [1.29, 1.82) is 0 Å². The first kappa shape index (κ1) is 15.9. The highest BCUT2D eigenvalue weighted by atomic mass is 16.3. The van der Waals surface area contributed by atoms with Crippen LogP contribution in [0.2, 0.25) is 0 Å². The number of hydrogen-bond donors (Lipinski definition) is 2. The molecular formula is C14H30O2. The van der Waals surface area contributed by atoms with Gasteiger partial charge in [0.2, 0.25) is 0 Å². The molecule has 0 heterocycles. The summed E-state index contributed by atoms with van der Waals surface area (Å²) in [6, 6.07) is 0. The summed E-state index contributed by atoms with van der Waals surface area (Å²) in [6.45, 7) is 10.9. The van der Waals surface area contributed by atoms with Crippen LogP contribution in [0.5, 0.6) is 0 Å². The van der Waals surface area contributed by atoms with Crippen LogP contribution in [0.4, 0.5) is 0 Å². The van der Waals surface area contributed by atoms with E-state index < -0.39 is 0 Å². The molecule has 2 heteroatoms. The van der Waals surface area contributed by atoms with Gasteiger partial charge in [-0.3, -0.25) is 0 Å². The summed E-state index contributed by atoms with van der Waals surface area (Å²) in [7, 11) is 0. The maximum Gasteiger partial charge on any atom is 0.0537 e. The Hall–Kier alpha value is -0.0800. The molecule has 16 heavy (non-hydrogen) atoms. The van der Waals surface area contributed by atoms with E-state index in [2.05, 4.69) is 27.7 Å². The number of hydrogen-bond acceptors (Lipinski definition) is 2. The molecule has 0 aliphatic carbocycles. The number of aliphatic hydroxyl groups excluding tert-OH is 2. The Morgan fingerprint density at radius 2 is 1.19 bits per heavy atom. The van der Waals surface area contributed by atoms with Gasteiger partial charge in [-0.05, 0) is 49.9 Å². The molecule has 0 saturated carbocycles. The van der Waals surface area contributed by atoms with Gasteiger partial charge in [0.25, 0.3) is 0 Å². The molecule has 0 saturated heterocycles. The zero-order chi connectivity index (χ0) is 12.7. The molecular weight excluding hydrogens is 200 g/mol. The topological polar surface area (TPSA) is 40.5 Å². The molecule has 0 aliphatic rings. The van der Waals surface area contributed by atoms with Crippen molar-refractivity contribution in [3.05, 3.63) is 0 Å². The number of rotatable bonds is 8. The first-order chi connectivity index (χ1) is 7.36. The fraction of sp³-hybridized carbons (Fsp3) is 1.00. The van der Waals surface area contributed by atoms with Crippen molar-refractivity contribution in [3.8, 4) is 0 Å². The van der Waals surface area contributed by atoms with Crippen LogP contribution in [-0.4, -0.2) is 22.9 Å². The van der Waals surface area contributed by atoms with Crippen LogP contribution in [0.3, 0.4) is 0 Å². The summed E-state index contributed by atoms with van der Waals surface area (Å²) in [5, 5.41) is 18.5. The minimum atomic E-state index is -0.200. The van der Waals surface area contributed by atoms with Gasteiger partial charge in [-0.25, -0.2) is 0 Å². The normalized spacial score (nSPS) is 21.2. The molecule has 0 spiro atoms. The van der Waals surface area contributed by atoms with Crippen LogP contribution >= 0.6 is 0 Å². The zero-order valence-electron chi connectivity index (χ0n) is 11.6. The smallest absolute Gasteiger partial charge is 0.0537 e. The summed E-state index contributed by atoms with van der Waals surface area (Å²) >= 11 is 0. The second-order valence-corrected chi connectivity index (χ2v) is 5.92. The Morgan fingerprint density at radius 1 is 0.750 bits per heavy atom. The molecule has 2 N–H and O–H groups in total. The fourth-order valence-corrected chi connectivity index (χ4v) is 2.47. The van der Waals surface area contributed by atoms with Crippen LogP contribution in [-0.2, 0) is 0 Å². The third-order valence-electron chi connectivity index (χ3n) is 3.52. The van der Waals surface area contributed by atoms with Crippen LogP contribution in [0.15, 0.2) is 0 Å². The van der Waals surface area contributed by atoms with Gasteiger partial charge in [0, 0.05) is 6.61 Å². The monoisotopic (exact) mass is 230 g/mol. The molecule has 0 aromatic rings. The summed E-state index contributed by atoms with van der Waals surface area (Å²) in [5.74, 6) is 2.12. The van der Waals surface area contributed by atoms with Crippen molar-refractivity contribution >= 4 is 0 Å². The SMILES string of the molecule is CC(O)[C@H](C)C[C@H](C)C[C@@H](C)C[C@@H](C)CO. The van der Waals surface area contributed by atoms with Gasteiger partial charge < -0.3 is 10.2 Å². The van der Waals surface area contributed by atoms with Crippen LogP contribution in [0, 0.1) is 23.7 Å². The highest BCUT2D eigenvalue weighted by molar-refractivity contribution is 4.67.